The van der Waals surface area contributed by atoms with Gasteiger partial charge in [0.1, 0.15) is 5.82 Å². The van der Waals surface area contributed by atoms with Gasteiger partial charge in [-0.05, 0) is 32.0 Å². The van der Waals surface area contributed by atoms with Crippen molar-refractivity contribution >= 4 is 30.6 Å². The Morgan fingerprint density at radius 2 is 1.96 bits per heavy atom. The second kappa shape index (κ2) is 8.20. The molecule has 6 nitrogen and oxygen atoms in total. The highest BCUT2D eigenvalue weighted by atomic mass is 35.5. The van der Waals surface area contributed by atoms with Crippen molar-refractivity contribution in [1.82, 2.24) is 25.1 Å². The summed E-state index contributed by atoms with van der Waals surface area (Å²) in [5.74, 6) is -0.294. The van der Waals surface area contributed by atoms with Crippen LogP contribution in [0.1, 0.15) is 17.9 Å². The summed E-state index contributed by atoms with van der Waals surface area (Å²) in [5, 5.41) is 10.4. The number of anilines is 1. The normalized spacial score (nSPS) is 16.9. The fourth-order valence-electron chi connectivity index (χ4n) is 2.61. The summed E-state index contributed by atoms with van der Waals surface area (Å²) in [4.78, 5) is 8.01. The van der Waals surface area contributed by atoms with Gasteiger partial charge in [-0.3, -0.25) is 0 Å². The summed E-state index contributed by atoms with van der Waals surface area (Å²) >= 11 is 0. The van der Waals surface area contributed by atoms with Crippen LogP contribution in [-0.4, -0.2) is 38.9 Å². The van der Waals surface area contributed by atoms with Crippen LogP contribution in [0.3, 0.4) is 0 Å². The molecule has 0 aromatic carbocycles. The molecule has 25 heavy (non-hydrogen) atoms. The molecule has 1 fully saturated rings. The Labute approximate surface area is 155 Å². The molecule has 1 atom stereocenters. The van der Waals surface area contributed by atoms with Crippen molar-refractivity contribution < 1.29 is 13.2 Å². The van der Waals surface area contributed by atoms with Gasteiger partial charge in [0, 0.05) is 25.2 Å². The lowest BCUT2D eigenvalue weighted by Crippen LogP contribution is -2.22. The van der Waals surface area contributed by atoms with Crippen molar-refractivity contribution in [2.75, 3.05) is 18.4 Å². The predicted octanol–water partition coefficient (Wildman–Crippen LogP) is 2.82. The summed E-state index contributed by atoms with van der Waals surface area (Å²) in [6.07, 6.45) is -3.52. The lowest BCUT2D eigenvalue weighted by atomic mass is 10.2. The predicted molar refractivity (Wildman–Crippen MR) is 93.4 cm³/mol. The van der Waals surface area contributed by atoms with Crippen molar-refractivity contribution in [2.24, 2.45) is 7.05 Å². The largest absolute Gasteiger partial charge is 0.451 e. The summed E-state index contributed by atoms with van der Waals surface area (Å²) in [5.41, 5.74) is 1.08. The van der Waals surface area contributed by atoms with Gasteiger partial charge in [0.05, 0.1) is 5.69 Å². The molecule has 3 heterocycles. The summed E-state index contributed by atoms with van der Waals surface area (Å²) < 4.78 is 39.2. The Morgan fingerprint density at radius 3 is 2.48 bits per heavy atom. The molecule has 0 amide bonds. The van der Waals surface area contributed by atoms with Crippen LogP contribution in [0.4, 0.5) is 19.0 Å². The van der Waals surface area contributed by atoms with Gasteiger partial charge < -0.3 is 10.6 Å². The van der Waals surface area contributed by atoms with Gasteiger partial charge in [-0.15, -0.1) is 24.8 Å². The van der Waals surface area contributed by atoms with E-state index in [9.17, 15) is 13.2 Å². The minimum Gasteiger partial charge on any atom is -0.366 e. The third-order valence-corrected chi connectivity index (χ3v) is 3.76. The average Bonchev–Trinajstić information content (AvgIpc) is 3.08. The SMILES string of the molecule is Cc1nc(N[C@H]2CCNC2)ccc1-c1nc(C(F)(F)F)n(C)n1.Cl.Cl. The summed E-state index contributed by atoms with van der Waals surface area (Å²) in [6, 6.07) is 3.75. The first-order valence-electron chi connectivity index (χ1n) is 7.28. The first-order valence-corrected chi connectivity index (χ1v) is 7.28. The molecule has 0 saturated carbocycles. The number of rotatable bonds is 3. The molecule has 0 aliphatic carbocycles. The minimum absolute atomic E-state index is 0. The van der Waals surface area contributed by atoms with E-state index in [4.69, 9.17) is 0 Å². The molecule has 1 saturated heterocycles. The number of hydrogen-bond donors (Lipinski definition) is 2. The molecule has 3 rings (SSSR count). The van der Waals surface area contributed by atoms with E-state index in [1.165, 1.54) is 7.05 Å². The van der Waals surface area contributed by atoms with E-state index in [1.54, 1.807) is 19.1 Å². The van der Waals surface area contributed by atoms with Crippen LogP contribution in [-0.2, 0) is 13.2 Å². The van der Waals surface area contributed by atoms with Gasteiger partial charge in [0.15, 0.2) is 5.82 Å². The van der Waals surface area contributed by atoms with Crippen LogP contribution in [0.2, 0.25) is 0 Å². The molecular weight excluding hydrogens is 380 g/mol. The Bertz CT molecular complexity index is 713. The number of aromatic nitrogens is 4. The highest BCUT2D eigenvalue weighted by Gasteiger charge is 2.37. The van der Waals surface area contributed by atoms with E-state index < -0.39 is 12.0 Å². The third kappa shape index (κ3) is 4.74. The molecule has 1 aliphatic heterocycles. The molecule has 2 N–H and O–H groups in total. The van der Waals surface area contributed by atoms with Crippen LogP contribution in [0, 0.1) is 6.92 Å². The standard InChI is InChI=1S/C14H17F3N6.2ClH/c1-8-10(12-21-13(14(15,16)17)23(2)22-12)3-4-11(19-8)20-9-5-6-18-7-9;;/h3-4,9,18H,5-7H2,1-2H3,(H,19,20);2*1H/t9-;;/m0../s1. The summed E-state index contributed by atoms with van der Waals surface area (Å²) in [6.45, 7) is 3.57. The van der Waals surface area contributed by atoms with Crippen LogP contribution >= 0.6 is 24.8 Å². The molecule has 0 unspecified atom stereocenters. The molecule has 1 aliphatic rings. The molecule has 140 valence electrons. The average molecular weight is 399 g/mol. The van der Waals surface area contributed by atoms with Crippen molar-refractivity contribution in [3.05, 3.63) is 23.7 Å². The van der Waals surface area contributed by atoms with Gasteiger partial charge in [-0.1, -0.05) is 0 Å². The third-order valence-electron chi connectivity index (χ3n) is 3.76. The highest BCUT2D eigenvalue weighted by Crippen LogP contribution is 2.30. The number of aryl methyl sites for hydroxylation is 2. The number of nitrogens with zero attached hydrogens (tertiary/aromatic N) is 4. The van der Waals surface area contributed by atoms with E-state index in [0.29, 0.717) is 23.1 Å². The quantitative estimate of drug-likeness (QED) is 0.831. The molecule has 2 aromatic heterocycles. The fourth-order valence-corrected chi connectivity index (χ4v) is 2.61. The Hall–Kier alpha value is -1.58. The van der Waals surface area contributed by atoms with Crippen LogP contribution in [0.5, 0.6) is 0 Å². The maximum Gasteiger partial charge on any atom is 0.451 e. The Balaban J connectivity index is 0.00000156. The minimum atomic E-state index is -4.53. The van der Waals surface area contributed by atoms with E-state index in [2.05, 4.69) is 25.7 Å². The number of pyridine rings is 1. The Morgan fingerprint density at radius 1 is 1.24 bits per heavy atom. The molecule has 0 radical (unpaired) electrons. The van der Waals surface area contributed by atoms with Crippen molar-refractivity contribution in [1.29, 1.82) is 0 Å². The summed E-state index contributed by atoms with van der Waals surface area (Å²) in [7, 11) is 1.23. The molecule has 11 heteroatoms. The first-order chi connectivity index (χ1) is 10.8. The monoisotopic (exact) mass is 398 g/mol. The lowest BCUT2D eigenvalue weighted by Gasteiger charge is -2.13. The number of nitrogens with one attached hydrogen (secondary N) is 2. The zero-order valence-electron chi connectivity index (χ0n) is 13.6. The first kappa shape index (κ1) is 21.5. The van der Waals surface area contributed by atoms with E-state index >= 15 is 0 Å². The number of halogens is 5. The number of hydrogen-bond acceptors (Lipinski definition) is 5. The van der Waals surface area contributed by atoms with Crippen molar-refractivity contribution in [3.63, 3.8) is 0 Å². The zero-order chi connectivity index (χ0) is 16.6. The molecule has 0 bridgehead atoms. The topological polar surface area (TPSA) is 67.7 Å². The van der Waals surface area contributed by atoms with Gasteiger partial charge in [0.25, 0.3) is 0 Å². The van der Waals surface area contributed by atoms with Gasteiger partial charge in [-0.25, -0.2) is 14.6 Å². The van der Waals surface area contributed by atoms with Crippen LogP contribution in [0.25, 0.3) is 11.4 Å². The van der Waals surface area contributed by atoms with Crippen molar-refractivity contribution in [3.8, 4) is 11.4 Å². The lowest BCUT2D eigenvalue weighted by molar-refractivity contribution is -0.147. The van der Waals surface area contributed by atoms with Crippen LogP contribution < -0.4 is 10.6 Å². The molecule has 2 aromatic rings. The second-order valence-electron chi connectivity index (χ2n) is 5.54. The highest BCUT2D eigenvalue weighted by molar-refractivity contribution is 5.85. The van der Waals surface area contributed by atoms with E-state index in [-0.39, 0.29) is 30.6 Å². The van der Waals surface area contributed by atoms with Crippen molar-refractivity contribution in [2.45, 2.75) is 25.6 Å². The molecular formula is C14H19Cl2F3N6. The fraction of sp³-hybridized carbons (Fsp3) is 0.500. The van der Waals surface area contributed by atoms with E-state index in [1.807, 2.05) is 0 Å². The second-order valence-corrected chi connectivity index (χ2v) is 5.54. The van der Waals surface area contributed by atoms with Gasteiger partial charge >= 0.3 is 6.18 Å². The maximum atomic E-state index is 12.8. The van der Waals surface area contributed by atoms with E-state index in [0.717, 1.165) is 24.2 Å². The van der Waals surface area contributed by atoms with Gasteiger partial charge in [0.2, 0.25) is 5.82 Å². The smallest absolute Gasteiger partial charge is 0.366 e. The van der Waals surface area contributed by atoms with Gasteiger partial charge in [-0.2, -0.15) is 18.3 Å². The zero-order valence-corrected chi connectivity index (χ0v) is 15.2. The maximum absolute atomic E-state index is 12.8. The Kier molecular flexibility index (Phi) is 7.04. The number of alkyl halides is 3. The van der Waals surface area contributed by atoms with Crippen LogP contribution in [0.15, 0.2) is 12.1 Å². The molecule has 0 spiro atoms.